The molecule has 0 bridgehead atoms. The van der Waals surface area contributed by atoms with Gasteiger partial charge in [-0.1, -0.05) is 25.5 Å². The normalized spacial score (nSPS) is 13.4. The van der Waals surface area contributed by atoms with Crippen LogP contribution in [0.4, 0.5) is 0 Å². The predicted octanol–water partition coefficient (Wildman–Crippen LogP) is 0.925. The van der Waals surface area contributed by atoms with E-state index in [1.807, 2.05) is 12.1 Å². The second-order valence-electron chi connectivity index (χ2n) is 4.36. The molecule has 1 aromatic rings. The third kappa shape index (κ3) is 5.28. The minimum absolute atomic E-state index is 0.0626. The Morgan fingerprint density at radius 3 is 2.47 bits per heavy atom. The molecule has 0 aromatic heterocycles. The third-order valence-corrected chi connectivity index (χ3v) is 4.08. The van der Waals surface area contributed by atoms with Crippen LogP contribution in [0.3, 0.4) is 0 Å². The molecule has 0 spiro atoms. The summed E-state index contributed by atoms with van der Waals surface area (Å²) < 4.78 is 31.0. The van der Waals surface area contributed by atoms with E-state index in [-0.39, 0.29) is 18.0 Å². The maximum Gasteiger partial charge on any atom is 0.240 e. The van der Waals surface area contributed by atoms with E-state index in [9.17, 15) is 13.5 Å². The number of hydrogen-bond donors (Lipinski definition) is 2. The van der Waals surface area contributed by atoms with Gasteiger partial charge in [-0.25, -0.2) is 13.1 Å². The molecule has 0 radical (unpaired) electrons. The van der Waals surface area contributed by atoms with Crippen LogP contribution < -0.4 is 4.72 Å². The van der Waals surface area contributed by atoms with Crippen molar-refractivity contribution in [2.75, 3.05) is 20.3 Å². The number of benzene rings is 1. The summed E-state index contributed by atoms with van der Waals surface area (Å²) in [6.07, 6.45) is 1.10. The molecule has 0 saturated carbocycles. The zero-order valence-corrected chi connectivity index (χ0v) is 12.1. The molecule has 1 aromatic carbocycles. The zero-order valence-electron chi connectivity index (χ0n) is 11.3. The lowest BCUT2D eigenvalue weighted by atomic mass is 10.1. The summed E-state index contributed by atoms with van der Waals surface area (Å²) in [5.74, 6) is 0. The van der Waals surface area contributed by atoms with E-state index >= 15 is 0 Å². The van der Waals surface area contributed by atoms with Crippen LogP contribution in [0.25, 0.3) is 0 Å². The highest BCUT2D eigenvalue weighted by Gasteiger charge is 2.15. The van der Waals surface area contributed by atoms with Crippen molar-refractivity contribution in [3.63, 3.8) is 0 Å². The van der Waals surface area contributed by atoms with E-state index in [1.165, 1.54) is 7.11 Å². The quantitative estimate of drug-likeness (QED) is 0.745. The van der Waals surface area contributed by atoms with Crippen molar-refractivity contribution in [2.24, 2.45) is 0 Å². The third-order valence-electron chi connectivity index (χ3n) is 2.64. The number of rotatable bonds is 8. The van der Waals surface area contributed by atoms with Gasteiger partial charge < -0.3 is 9.84 Å². The van der Waals surface area contributed by atoms with E-state index in [4.69, 9.17) is 4.74 Å². The summed E-state index contributed by atoms with van der Waals surface area (Å²) in [6.45, 7) is 2.11. The van der Waals surface area contributed by atoms with Gasteiger partial charge in [-0.3, -0.25) is 0 Å². The SMILES string of the molecule is CCCc1ccc(S(=O)(=O)NCC(O)COC)cc1. The standard InChI is InChI=1S/C13H21NO4S/c1-3-4-11-5-7-13(8-6-11)19(16,17)14-9-12(15)10-18-2/h5-8,12,14-15H,3-4,9-10H2,1-2H3. The summed E-state index contributed by atoms with van der Waals surface area (Å²) in [4.78, 5) is 0.206. The van der Waals surface area contributed by atoms with E-state index in [1.54, 1.807) is 12.1 Å². The molecule has 0 fully saturated rings. The molecule has 0 amide bonds. The average Bonchev–Trinajstić information content (AvgIpc) is 2.38. The molecule has 1 atom stereocenters. The molecule has 1 rings (SSSR count). The van der Waals surface area contributed by atoms with Gasteiger partial charge >= 0.3 is 0 Å². The van der Waals surface area contributed by atoms with Crippen LogP contribution in [0.1, 0.15) is 18.9 Å². The Bertz CT molecular complexity index is 470. The summed E-state index contributed by atoms with van der Waals surface area (Å²) in [5.41, 5.74) is 1.11. The number of sulfonamides is 1. The molecule has 6 heteroatoms. The van der Waals surface area contributed by atoms with E-state index < -0.39 is 16.1 Å². The molecule has 2 N–H and O–H groups in total. The molecule has 19 heavy (non-hydrogen) atoms. The van der Waals surface area contributed by atoms with Crippen LogP contribution in [0.15, 0.2) is 29.2 Å². The molecular weight excluding hydrogens is 266 g/mol. The van der Waals surface area contributed by atoms with Gasteiger partial charge in [-0.05, 0) is 24.1 Å². The van der Waals surface area contributed by atoms with Crippen LogP contribution in [0.5, 0.6) is 0 Å². The molecule has 1 unspecified atom stereocenters. The lowest BCUT2D eigenvalue weighted by molar-refractivity contribution is 0.0679. The number of hydrogen-bond acceptors (Lipinski definition) is 4. The Morgan fingerprint density at radius 1 is 1.32 bits per heavy atom. The second kappa shape index (κ2) is 7.59. The second-order valence-corrected chi connectivity index (χ2v) is 6.12. The number of aliphatic hydroxyl groups is 1. The number of ether oxygens (including phenoxy) is 1. The first-order chi connectivity index (χ1) is 8.99. The lowest BCUT2D eigenvalue weighted by Crippen LogP contribution is -2.34. The van der Waals surface area contributed by atoms with Crippen molar-refractivity contribution in [3.8, 4) is 0 Å². The van der Waals surface area contributed by atoms with Crippen molar-refractivity contribution in [2.45, 2.75) is 30.8 Å². The monoisotopic (exact) mass is 287 g/mol. The minimum atomic E-state index is -3.57. The summed E-state index contributed by atoms with van der Waals surface area (Å²) >= 11 is 0. The Morgan fingerprint density at radius 2 is 1.95 bits per heavy atom. The zero-order chi connectivity index (χ0) is 14.3. The summed E-state index contributed by atoms with van der Waals surface area (Å²) in [5, 5.41) is 9.42. The van der Waals surface area contributed by atoms with E-state index in [0.29, 0.717) is 0 Å². The van der Waals surface area contributed by atoms with Crippen molar-refractivity contribution in [3.05, 3.63) is 29.8 Å². The molecule has 0 heterocycles. The summed E-state index contributed by atoms with van der Waals surface area (Å²) in [7, 11) is -2.12. The van der Waals surface area contributed by atoms with Crippen molar-refractivity contribution >= 4 is 10.0 Å². The van der Waals surface area contributed by atoms with Crippen molar-refractivity contribution in [1.82, 2.24) is 4.72 Å². The minimum Gasteiger partial charge on any atom is -0.389 e. The first kappa shape index (κ1) is 16.1. The Kier molecular flexibility index (Phi) is 6.44. The molecule has 0 aliphatic heterocycles. The average molecular weight is 287 g/mol. The molecule has 0 aliphatic rings. The van der Waals surface area contributed by atoms with Gasteiger partial charge in [-0.15, -0.1) is 0 Å². The first-order valence-electron chi connectivity index (χ1n) is 6.25. The van der Waals surface area contributed by atoms with Crippen molar-refractivity contribution < 1.29 is 18.3 Å². The highest BCUT2D eigenvalue weighted by molar-refractivity contribution is 7.89. The summed E-state index contributed by atoms with van der Waals surface area (Å²) in [6, 6.07) is 6.78. The highest BCUT2D eigenvalue weighted by atomic mass is 32.2. The molecule has 108 valence electrons. The smallest absolute Gasteiger partial charge is 0.240 e. The predicted molar refractivity (Wildman–Crippen MR) is 73.5 cm³/mol. The highest BCUT2D eigenvalue weighted by Crippen LogP contribution is 2.11. The van der Waals surface area contributed by atoms with Crippen molar-refractivity contribution in [1.29, 1.82) is 0 Å². The topological polar surface area (TPSA) is 75.6 Å². The van der Waals surface area contributed by atoms with Gasteiger partial charge in [0.15, 0.2) is 0 Å². The van der Waals surface area contributed by atoms with Crippen LogP contribution in [-0.4, -0.2) is 39.9 Å². The van der Waals surface area contributed by atoms with Gasteiger partial charge in [0, 0.05) is 13.7 Å². The van der Waals surface area contributed by atoms with Gasteiger partial charge in [0.05, 0.1) is 17.6 Å². The van der Waals surface area contributed by atoms with Gasteiger partial charge in [0.2, 0.25) is 10.0 Å². The first-order valence-corrected chi connectivity index (χ1v) is 7.73. The number of aryl methyl sites for hydroxylation is 1. The van der Waals surface area contributed by atoms with E-state index in [2.05, 4.69) is 11.6 Å². The number of methoxy groups -OCH3 is 1. The fourth-order valence-corrected chi connectivity index (χ4v) is 2.74. The van der Waals surface area contributed by atoms with Crippen LogP contribution >= 0.6 is 0 Å². The Balaban J connectivity index is 2.66. The molecule has 5 nitrogen and oxygen atoms in total. The number of aliphatic hydroxyl groups excluding tert-OH is 1. The Labute approximate surface area is 114 Å². The Hall–Kier alpha value is -0.950. The van der Waals surface area contributed by atoms with Gasteiger partial charge in [0.1, 0.15) is 0 Å². The fraction of sp³-hybridized carbons (Fsp3) is 0.538. The molecular formula is C13H21NO4S. The fourth-order valence-electron chi connectivity index (χ4n) is 1.66. The van der Waals surface area contributed by atoms with E-state index in [0.717, 1.165) is 18.4 Å². The van der Waals surface area contributed by atoms with Crippen LogP contribution in [0, 0.1) is 0 Å². The molecule has 0 aliphatic carbocycles. The lowest BCUT2D eigenvalue weighted by Gasteiger charge is -2.11. The van der Waals surface area contributed by atoms with Gasteiger partial charge in [0.25, 0.3) is 0 Å². The largest absolute Gasteiger partial charge is 0.389 e. The maximum atomic E-state index is 11.9. The van der Waals surface area contributed by atoms with Crippen LogP contribution in [0.2, 0.25) is 0 Å². The maximum absolute atomic E-state index is 11.9. The van der Waals surface area contributed by atoms with Gasteiger partial charge in [-0.2, -0.15) is 0 Å². The molecule has 0 saturated heterocycles. The number of nitrogens with one attached hydrogen (secondary N) is 1. The van der Waals surface area contributed by atoms with Crippen LogP contribution in [-0.2, 0) is 21.2 Å².